The summed E-state index contributed by atoms with van der Waals surface area (Å²) in [5, 5.41) is 2.32. The van der Waals surface area contributed by atoms with E-state index < -0.39 is 0 Å². The lowest BCUT2D eigenvalue weighted by Gasteiger charge is -2.31. The second-order valence-electron chi connectivity index (χ2n) is 22.6. The lowest BCUT2D eigenvalue weighted by atomic mass is 9.81. The number of hydrogen-bond donors (Lipinski definition) is 0. The van der Waals surface area contributed by atoms with E-state index in [1.54, 1.807) is 0 Å². The third-order valence-corrected chi connectivity index (χ3v) is 14.6. The molecule has 2 aliphatic rings. The summed E-state index contributed by atoms with van der Waals surface area (Å²) in [5.41, 5.74) is 18.9. The monoisotopic (exact) mass is 924 g/mol. The highest BCUT2D eigenvalue weighted by molar-refractivity contribution is 6.09. The number of pyridine rings is 1. The Morgan fingerprint density at radius 3 is 1.77 bits per heavy atom. The summed E-state index contributed by atoms with van der Waals surface area (Å²) in [6, 6.07) is 69.4. The van der Waals surface area contributed by atoms with Crippen molar-refractivity contribution in [3.8, 4) is 62.0 Å². The first kappa shape index (κ1) is 44.3. The molecule has 0 saturated heterocycles. The van der Waals surface area contributed by atoms with E-state index in [1.807, 2.05) is 0 Å². The fraction of sp³-hybridized carbons (Fsp3) is 0.197. The number of ether oxygens (including phenoxy) is 1. The van der Waals surface area contributed by atoms with Crippen LogP contribution in [0.3, 0.4) is 0 Å². The van der Waals surface area contributed by atoms with Gasteiger partial charge >= 0.3 is 0 Å². The van der Waals surface area contributed by atoms with Crippen LogP contribution in [0.4, 0.5) is 22.7 Å². The number of rotatable bonds is 1. The maximum absolute atomic E-state index is 7.11. The minimum absolute atomic E-state index is 0.134. The van der Waals surface area contributed by atoms with E-state index in [2.05, 4.69) is 265 Å². The Hall–Kier alpha value is -7.89. The number of hydrogen-bond acceptors (Lipinski definition) is 4. The van der Waals surface area contributed by atoms with E-state index in [0.29, 0.717) is 6.67 Å². The van der Waals surface area contributed by atoms with Crippen LogP contribution in [0.25, 0.3) is 72.3 Å². The summed E-state index contributed by atoms with van der Waals surface area (Å²) in [5.74, 6) is 2.43. The summed E-state index contributed by atoms with van der Waals surface area (Å²) >= 11 is 0. The van der Waals surface area contributed by atoms with Crippen molar-refractivity contribution in [2.75, 3.05) is 16.5 Å². The van der Waals surface area contributed by atoms with Gasteiger partial charge in [0, 0.05) is 45.3 Å². The summed E-state index contributed by atoms with van der Waals surface area (Å²) in [4.78, 5) is 10.6. The highest BCUT2D eigenvalue weighted by atomic mass is 16.5. The van der Waals surface area contributed by atoms with Gasteiger partial charge in [-0.15, -0.1) is 0 Å². The molecule has 0 fully saturated rings. The average molecular weight is 925 g/mol. The molecule has 2 aliphatic heterocycles. The van der Waals surface area contributed by atoms with Gasteiger partial charge in [-0.1, -0.05) is 165 Å². The van der Waals surface area contributed by atoms with Crippen LogP contribution in [0.5, 0.6) is 11.5 Å². The van der Waals surface area contributed by atoms with Gasteiger partial charge in [-0.05, 0) is 128 Å². The van der Waals surface area contributed by atoms with Crippen LogP contribution in [0, 0.1) is 0 Å². The first-order valence-corrected chi connectivity index (χ1v) is 25.0. The SMILES string of the molecule is CC(C)(C)c1cc2cc(c1)N1CN(c3ccccc31)c1c(-c3ccccc3)cc(C(C)(C)C)cc1-c1ccccc1-c1cccc(c1)-c1cc(C(C)(C)C)cc(n1)-n1c3ccccc3c3ccc(cc31)O2. The van der Waals surface area contributed by atoms with Gasteiger partial charge < -0.3 is 14.5 Å². The van der Waals surface area contributed by atoms with Gasteiger partial charge in [-0.2, -0.15) is 0 Å². The Kier molecular flexibility index (Phi) is 10.2. The number of benzene rings is 8. The molecule has 0 amide bonds. The maximum atomic E-state index is 7.11. The van der Waals surface area contributed by atoms with Gasteiger partial charge in [0.15, 0.2) is 0 Å². The molecule has 8 aromatic carbocycles. The highest BCUT2D eigenvalue weighted by Gasteiger charge is 2.34. The standard InChI is InChI=1S/C66H60N4O/c1-64(2,3)45-33-48-39-50(34-45)71-49-30-31-54-53-26-15-16-27-58(53)70(61(54)40-49)62-38-47(66(7,8)9)37-57(67-62)44-23-19-22-43(32-44)51-24-13-14-25-52(51)56-36-46(65(4,5)6)35-55(42-20-11-10-12-21-42)63(56)69-41-68(48)59-28-17-18-29-60(59)69/h10-40H,41H2,1-9H3. The molecule has 10 bridgehead atoms. The molecule has 0 atom stereocenters. The minimum Gasteiger partial charge on any atom is -0.457 e. The molecule has 5 nitrogen and oxygen atoms in total. The fourth-order valence-electron chi connectivity index (χ4n) is 10.7. The minimum atomic E-state index is -0.159. The molecule has 0 aliphatic carbocycles. The van der Waals surface area contributed by atoms with Crippen LogP contribution in [0.15, 0.2) is 188 Å². The molecule has 0 spiro atoms. The Labute approximate surface area is 418 Å². The van der Waals surface area contributed by atoms with E-state index >= 15 is 0 Å². The van der Waals surface area contributed by atoms with E-state index in [9.17, 15) is 0 Å². The van der Waals surface area contributed by atoms with Crippen LogP contribution in [-0.2, 0) is 16.2 Å². The number of aromatic nitrogens is 2. The lowest BCUT2D eigenvalue weighted by molar-refractivity contribution is 0.479. The van der Waals surface area contributed by atoms with E-state index in [1.165, 1.54) is 50.0 Å². The molecule has 10 aromatic rings. The largest absolute Gasteiger partial charge is 0.457 e. The van der Waals surface area contributed by atoms with Gasteiger partial charge in [0.1, 0.15) is 24.0 Å². The Bertz CT molecular complexity index is 3730. The number of fused-ring (bicyclic) bond motifs is 23. The fourth-order valence-corrected chi connectivity index (χ4v) is 10.7. The number of nitrogens with zero attached hydrogens (tertiary/aromatic N) is 4. The highest BCUT2D eigenvalue weighted by Crippen LogP contribution is 2.53. The smallest absolute Gasteiger partial charge is 0.138 e. The first-order chi connectivity index (χ1) is 34.1. The van der Waals surface area contributed by atoms with Crippen LogP contribution in [0.1, 0.15) is 79.0 Å². The predicted molar refractivity (Wildman–Crippen MR) is 299 cm³/mol. The molecular weight excluding hydrogens is 865 g/mol. The Morgan fingerprint density at radius 2 is 1.01 bits per heavy atom. The maximum Gasteiger partial charge on any atom is 0.138 e. The molecule has 4 heterocycles. The van der Waals surface area contributed by atoms with Crippen LogP contribution < -0.4 is 14.5 Å². The molecule has 5 heteroatoms. The van der Waals surface area contributed by atoms with Gasteiger partial charge in [-0.25, -0.2) is 4.98 Å². The molecular formula is C66H60N4O. The number of para-hydroxylation sites is 3. The predicted octanol–water partition coefficient (Wildman–Crippen LogP) is 18.1. The third-order valence-electron chi connectivity index (χ3n) is 14.6. The summed E-state index contributed by atoms with van der Waals surface area (Å²) in [6.45, 7) is 21.3. The number of anilines is 4. The zero-order valence-electron chi connectivity index (χ0n) is 42.3. The topological polar surface area (TPSA) is 33.5 Å². The van der Waals surface area contributed by atoms with Gasteiger partial charge in [0.2, 0.25) is 0 Å². The van der Waals surface area contributed by atoms with Crippen molar-refractivity contribution in [1.82, 2.24) is 9.55 Å². The quantitative estimate of drug-likeness (QED) is 0.164. The molecule has 0 radical (unpaired) electrons. The van der Waals surface area contributed by atoms with Crippen molar-refractivity contribution in [1.29, 1.82) is 0 Å². The zero-order valence-corrected chi connectivity index (χ0v) is 42.3. The molecule has 12 rings (SSSR count). The van der Waals surface area contributed by atoms with Gasteiger partial charge in [0.25, 0.3) is 0 Å². The van der Waals surface area contributed by atoms with Gasteiger partial charge in [-0.3, -0.25) is 4.57 Å². The van der Waals surface area contributed by atoms with Crippen molar-refractivity contribution >= 4 is 44.6 Å². The van der Waals surface area contributed by atoms with Crippen LogP contribution in [0.2, 0.25) is 0 Å². The Morgan fingerprint density at radius 1 is 0.408 bits per heavy atom. The van der Waals surface area contributed by atoms with Crippen LogP contribution in [-0.4, -0.2) is 16.2 Å². The van der Waals surface area contributed by atoms with Crippen LogP contribution >= 0.6 is 0 Å². The molecule has 71 heavy (non-hydrogen) atoms. The van der Waals surface area contributed by atoms with Crippen molar-refractivity contribution in [3.63, 3.8) is 0 Å². The summed E-state index contributed by atoms with van der Waals surface area (Å²) in [6.07, 6.45) is 0. The van der Waals surface area contributed by atoms with Gasteiger partial charge in [0.05, 0.1) is 33.8 Å². The van der Waals surface area contributed by atoms with E-state index in [-0.39, 0.29) is 16.2 Å². The zero-order chi connectivity index (χ0) is 49.0. The second-order valence-corrected chi connectivity index (χ2v) is 22.6. The Balaban J connectivity index is 1.20. The summed E-state index contributed by atoms with van der Waals surface area (Å²) in [7, 11) is 0. The van der Waals surface area contributed by atoms with Crippen molar-refractivity contribution < 1.29 is 4.74 Å². The molecule has 0 saturated carbocycles. The molecule has 2 aromatic heterocycles. The summed E-state index contributed by atoms with van der Waals surface area (Å²) < 4.78 is 9.44. The lowest BCUT2D eigenvalue weighted by Crippen LogP contribution is -2.26. The molecule has 0 unspecified atom stereocenters. The van der Waals surface area contributed by atoms with Crippen molar-refractivity contribution in [2.24, 2.45) is 0 Å². The van der Waals surface area contributed by atoms with E-state index in [4.69, 9.17) is 9.72 Å². The second kappa shape index (κ2) is 16.3. The first-order valence-electron chi connectivity index (χ1n) is 25.0. The average Bonchev–Trinajstić information content (AvgIpc) is 3.91. The molecule has 0 N–H and O–H groups in total. The molecule has 350 valence electrons. The normalized spacial score (nSPS) is 13.4. The van der Waals surface area contributed by atoms with E-state index in [0.717, 1.165) is 73.2 Å². The third kappa shape index (κ3) is 7.76. The van der Waals surface area contributed by atoms with Crippen molar-refractivity contribution in [3.05, 3.63) is 205 Å². The van der Waals surface area contributed by atoms with Crippen molar-refractivity contribution in [2.45, 2.75) is 78.6 Å².